The van der Waals surface area contributed by atoms with Gasteiger partial charge in [0.2, 0.25) is 5.91 Å². The number of carbonyl (C=O) groups is 1. The minimum absolute atomic E-state index is 0.122. The van der Waals surface area contributed by atoms with Crippen molar-refractivity contribution in [3.05, 3.63) is 42.2 Å². The van der Waals surface area contributed by atoms with Gasteiger partial charge in [-0.25, -0.2) is 9.37 Å². The van der Waals surface area contributed by atoms with Crippen LogP contribution in [0, 0.1) is 5.82 Å². The molecule has 5 nitrogen and oxygen atoms in total. The first-order chi connectivity index (χ1) is 10.1. The van der Waals surface area contributed by atoms with E-state index in [1.807, 2.05) is 17.7 Å². The summed E-state index contributed by atoms with van der Waals surface area (Å²) in [5, 5.41) is 2.54. The smallest absolute Gasteiger partial charge is 0.224 e. The number of nitrogens with one attached hydrogen (secondary N) is 1. The van der Waals surface area contributed by atoms with Crippen LogP contribution in [-0.2, 0) is 17.8 Å². The van der Waals surface area contributed by atoms with Gasteiger partial charge in [-0.3, -0.25) is 4.79 Å². The first-order valence-electron chi connectivity index (χ1n) is 6.95. The number of nitrogens with two attached hydrogens (primary N) is 1. The van der Waals surface area contributed by atoms with Gasteiger partial charge in [0, 0.05) is 37.5 Å². The Hall–Kier alpha value is -2.37. The van der Waals surface area contributed by atoms with Gasteiger partial charge < -0.3 is 15.6 Å². The van der Waals surface area contributed by atoms with Gasteiger partial charge in [0.1, 0.15) is 11.6 Å². The van der Waals surface area contributed by atoms with Crippen molar-refractivity contribution >= 4 is 17.3 Å². The number of rotatable bonds is 6. The monoisotopic (exact) mass is 290 g/mol. The van der Waals surface area contributed by atoms with Crippen LogP contribution in [-0.4, -0.2) is 15.5 Å². The minimum Gasteiger partial charge on any atom is -0.399 e. The molecule has 0 saturated carbocycles. The number of nitrogen functional groups attached to an aromatic ring is 1. The number of anilines is 2. The van der Waals surface area contributed by atoms with E-state index < -0.39 is 5.82 Å². The number of hydrogen-bond acceptors (Lipinski definition) is 3. The van der Waals surface area contributed by atoms with Gasteiger partial charge in [0.15, 0.2) is 0 Å². The first-order valence-corrected chi connectivity index (χ1v) is 6.95. The Morgan fingerprint density at radius 2 is 2.29 bits per heavy atom. The topological polar surface area (TPSA) is 72.9 Å². The van der Waals surface area contributed by atoms with E-state index >= 15 is 0 Å². The third-order valence-electron chi connectivity index (χ3n) is 3.19. The van der Waals surface area contributed by atoms with E-state index in [2.05, 4.69) is 10.3 Å². The molecule has 0 atom stereocenters. The van der Waals surface area contributed by atoms with Crippen LogP contribution in [0.25, 0.3) is 0 Å². The molecule has 0 saturated heterocycles. The minimum atomic E-state index is -0.486. The summed E-state index contributed by atoms with van der Waals surface area (Å²) >= 11 is 0. The van der Waals surface area contributed by atoms with Gasteiger partial charge in [-0.2, -0.15) is 0 Å². The van der Waals surface area contributed by atoms with E-state index in [-0.39, 0.29) is 11.6 Å². The molecule has 1 amide bonds. The lowest BCUT2D eigenvalue weighted by Crippen LogP contribution is -2.14. The van der Waals surface area contributed by atoms with E-state index in [4.69, 9.17) is 5.73 Å². The Labute approximate surface area is 123 Å². The average Bonchev–Trinajstić information content (AvgIpc) is 2.90. The maximum absolute atomic E-state index is 13.5. The molecule has 0 aliphatic heterocycles. The first kappa shape index (κ1) is 15.0. The lowest BCUT2D eigenvalue weighted by Gasteiger charge is -2.08. The molecular weight excluding hydrogens is 271 g/mol. The van der Waals surface area contributed by atoms with Crippen LogP contribution in [0.4, 0.5) is 15.8 Å². The third-order valence-corrected chi connectivity index (χ3v) is 3.19. The van der Waals surface area contributed by atoms with E-state index in [1.165, 1.54) is 18.2 Å². The van der Waals surface area contributed by atoms with Crippen LogP contribution in [0.15, 0.2) is 30.6 Å². The van der Waals surface area contributed by atoms with Gasteiger partial charge in [0.25, 0.3) is 0 Å². The molecule has 6 heteroatoms. The van der Waals surface area contributed by atoms with Crippen molar-refractivity contribution in [1.82, 2.24) is 9.55 Å². The highest BCUT2D eigenvalue weighted by Crippen LogP contribution is 2.17. The SMILES string of the molecule is CCc1nccn1CCCC(=O)Nc1cc(N)ccc1F. The molecule has 2 aromatic rings. The Bertz CT molecular complexity index is 624. The standard InChI is InChI=1S/C15H19FN4O/c1-2-14-18-7-9-20(14)8-3-4-15(21)19-13-10-11(17)5-6-12(13)16/h5-7,9-10H,2-4,8,17H2,1H3,(H,19,21). The second-order valence-electron chi connectivity index (χ2n) is 4.78. The van der Waals surface area contributed by atoms with Crippen molar-refractivity contribution in [3.8, 4) is 0 Å². The fraction of sp³-hybridized carbons (Fsp3) is 0.333. The average molecular weight is 290 g/mol. The molecular formula is C15H19FN4O. The summed E-state index contributed by atoms with van der Waals surface area (Å²) in [6.45, 7) is 2.75. The van der Waals surface area contributed by atoms with E-state index in [0.29, 0.717) is 18.5 Å². The van der Waals surface area contributed by atoms with Crippen LogP contribution in [0.1, 0.15) is 25.6 Å². The fourth-order valence-corrected chi connectivity index (χ4v) is 2.12. The summed E-state index contributed by atoms with van der Waals surface area (Å²) < 4.78 is 15.5. The van der Waals surface area contributed by atoms with Crippen molar-refractivity contribution in [2.24, 2.45) is 0 Å². The maximum Gasteiger partial charge on any atom is 0.224 e. The zero-order valence-corrected chi connectivity index (χ0v) is 12.0. The van der Waals surface area contributed by atoms with Crippen LogP contribution in [0.3, 0.4) is 0 Å². The molecule has 2 rings (SSSR count). The van der Waals surface area contributed by atoms with Crippen molar-refractivity contribution < 1.29 is 9.18 Å². The van der Waals surface area contributed by atoms with E-state index in [0.717, 1.165) is 18.8 Å². The lowest BCUT2D eigenvalue weighted by molar-refractivity contribution is -0.116. The van der Waals surface area contributed by atoms with Crippen molar-refractivity contribution in [3.63, 3.8) is 0 Å². The summed E-state index contributed by atoms with van der Waals surface area (Å²) in [7, 11) is 0. The Morgan fingerprint density at radius 3 is 3.05 bits per heavy atom. The quantitative estimate of drug-likeness (QED) is 0.803. The Balaban J connectivity index is 1.84. The van der Waals surface area contributed by atoms with Gasteiger partial charge in [-0.05, 0) is 24.6 Å². The van der Waals surface area contributed by atoms with Crippen molar-refractivity contribution in [2.45, 2.75) is 32.7 Å². The highest BCUT2D eigenvalue weighted by Gasteiger charge is 2.08. The summed E-state index contributed by atoms with van der Waals surface area (Å²) in [4.78, 5) is 16.0. The van der Waals surface area contributed by atoms with Crippen molar-refractivity contribution in [1.29, 1.82) is 0 Å². The number of imidazole rings is 1. The number of aryl methyl sites for hydroxylation is 2. The second kappa shape index (κ2) is 6.88. The van der Waals surface area contributed by atoms with E-state index in [9.17, 15) is 9.18 Å². The third kappa shape index (κ3) is 4.05. The molecule has 3 N–H and O–H groups in total. The van der Waals surface area contributed by atoms with Gasteiger partial charge in [0.05, 0.1) is 5.69 Å². The second-order valence-corrected chi connectivity index (χ2v) is 4.78. The number of aromatic nitrogens is 2. The maximum atomic E-state index is 13.5. The number of halogens is 1. The van der Waals surface area contributed by atoms with E-state index in [1.54, 1.807) is 6.20 Å². The van der Waals surface area contributed by atoms with Crippen LogP contribution in [0.5, 0.6) is 0 Å². The summed E-state index contributed by atoms with van der Waals surface area (Å²) in [5.41, 5.74) is 6.11. The predicted octanol–water partition coefficient (Wildman–Crippen LogP) is 2.59. The fourth-order valence-electron chi connectivity index (χ4n) is 2.12. The zero-order chi connectivity index (χ0) is 15.2. The number of hydrogen-bond donors (Lipinski definition) is 2. The van der Waals surface area contributed by atoms with Crippen LogP contribution >= 0.6 is 0 Å². The molecule has 0 bridgehead atoms. The van der Waals surface area contributed by atoms with Gasteiger partial charge >= 0.3 is 0 Å². The molecule has 1 aromatic carbocycles. The summed E-state index contributed by atoms with van der Waals surface area (Å²) in [5.74, 6) is 0.287. The zero-order valence-electron chi connectivity index (χ0n) is 12.0. The molecule has 0 spiro atoms. The molecule has 0 aliphatic carbocycles. The largest absolute Gasteiger partial charge is 0.399 e. The lowest BCUT2D eigenvalue weighted by atomic mass is 10.2. The van der Waals surface area contributed by atoms with Crippen LogP contribution in [0.2, 0.25) is 0 Å². The highest BCUT2D eigenvalue weighted by molar-refractivity contribution is 5.91. The summed E-state index contributed by atoms with van der Waals surface area (Å²) in [6, 6.07) is 4.11. The number of carbonyl (C=O) groups excluding carboxylic acids is 1. The molecule has 0 unspecified atom stereocenters. The molecule has 0 radical (unpaired) electrons. The van der Waals surface area contributed by atoms with Crippen molar-refractivity contribution in [2.75, 3.05) is 11.1 Å². The molecule has 21 heavy (non-hydrogen) atoms. The molecule has 112 valence electrons. The van der Waals surface area contributed by atoms with Crippen LogP contribution < -0.4 is 11.1 Å². The van der Waals surface area contributed by atoms with Gasteiger partial charge in [-0.1, -0.05) is 6.92 Å². The number of amides is 1. The highest BCUT2D eigenvalue weighted by atomic mass is 19.1. The molecule has 1 aromatic heterocycles. The Morgan fingerprint density at radius 1 is 1.48 bits per heavy atom. The Kier molecular flexibility index (Phi) is 4.92. The number of nitrogens with zero attached hydrogens (tertiary/aromatic N) is 2. The molecule has 0 fully saturated rings. The number of benzene rings is 1. The molecule has 0 aliphatic rings. The van der Waals surface area contributed by atoms with Gasteiger partial charge in [-0.15, -0.1) is 0 Å². The normalized spacial score (nSPS) is 10.6. The molecule has 1 heterocycles. The summed E-state index contributed by atoms with van der Waals surface area (Å²) in [6.07, 6.45) is 5.48. The predicted molar refractivity (Wildman–Crippen MR) is 80.3 cm³/mol.